The van der Waals surface area contributed by atoms with Crippen LogP contribution in [-0.4, -0.2) is 56.2 Å². The van der Waals surface area contributed by atoms with Crippen LogP contribution in [0.2, 0.25) is 0 Å². The van der Waals surface area contributed by atoms with Gasteiger partial charge in [0, 0.05) is 63.9 Å². The molecule has 0 aliphatic carbocycles. The topological polar surface area (TPSA) is 31.4 Å². The number of nitrogens with zero attached hydrogens (tertiary/aromatic N) is 3. The first-order valence-electron chi connectivity index (χ1n) is 6.32. The van der Waals surface area contributed by atoms with Gasteiger partial charge in [-0.15, -0.1) is 0 Å². The number of pyridine rings is 1. The zero-order valence-electron chi connectivity index (χ0n) is 10.8. The molecular formula is C13H22N4. The minimum atomic E-state index is 1.07. The molecule has 0 aromatic carbocycles. The predicted molar refractivity (Wildman–Crippen MR) is 71.6 cm³/mol. The SMILES string of the molecule is Cc1cc(N(C)CCN2CCNCC2)ccn1. The van der Waals surface area contributed by atoms with Gasteiger partial charge in [0.2, 0.25) is 0 Å². The number of anilines is 1. The van der Waals surface area contributed by atoms with E-state index in [9.17, 15) is 0 Å². The van der Waals surface area contributed by atoms with Crippen molar-refractivity contribution in [2.24, 2.45) is 0 Å². The van der Waals surface area contributed by atoms with Crippen molar-refractivity contribution in [3.8, 4) is 0 Å². The van der Waals surface area contributed by atoms with Crippen molar-refractivity contribution in [3.05, 3.63) is 24.0 Å². The monoisotopic (exact) mass is 234 g/mol. The maximum atomic E-state index is 4.23. The predicted octanol–water partition coefficient (Wildman–Crippen LogP) is 0.731. The minimum absolute atomic E-state index is 1.07. The van der Waals surface area contributed by atoms with Crippen LogP contribution in [-0.2, 0) is 0 Å². The van der Waals surface area contributed by atoms with Crippen molar-refractivity contribution in [2.75, 3.05) is 51.2 Å². The fourth-order valence-corrected chi connectivity index (χ4v) is 2.12. The molecule has 0 radical (unpaired) electrons. The van der Waals surface area contributed by atoms with Crippen LogP contribution in [0.1, 0.15) is 5.69 Å². The summed E-state index contributed by atoms with van der Waals surface area (Å²) in [5.41, 5.74) is 2.34. The van der Waals surface area contributed by atoms with Crippen LogP contribution in [0.15, 0.2) is 18.3 Å². The lowest BCUT2D eigenvalue weighted by atomic mass is 10.3. The molecule has 1 fully saturated rings. The Morgan fingerprint density at radius 3 is 2.88 bits per heavy atom. The summed E-state index contributed by atoms with van der Waals surface area (Å²) >= 11 is 0. The highest BCUT2D eigenvalue weighted by atomic mass is 15.2. The second-order valence-corrected chi connectivity index (χ2v) is 4.67. The van der Waals surface area contributed by atoms with Crippen molar-refractivity contribution >= 4 is 5.69 Å². The van der Waals surface area contributed by atoms with E-state index in [1.807, 2.05) is 13.1 Å². The first-order valence-corrected chi connectivity index (χ1v) is 6.32. The Bertz CT molecular complexity index is 347. The van der Waals surface area contributed by atoms with Gasteiger partial charge >= 0.3 is 0 Å². The molecule has 0 atom stereocenters. The summed E-state index contributed by atoms with van der Waals surface area (Å²) in [7, 11) is 2.15. The Labute approximate surface area is 104 Å². The number of aromatic nitrogens is 1. The fraction of sp³-hybridized carbons (Fsp3) is 0.615. The standard InChI is InChI=1S/C13H22N4/c1-12-11-13(3-4-15-12)16(2)9-10-17-7-5-14-6-8-17/h3-4,11,14H,5-10H2,1-2H3. The highest BCUT2D eigenvalue weighted by Crippen LogP contribution is 2.12. The first kappa shape index (κ1) is 12.3. The van der Waals surface area contributed by atoms with E-state index >= 15 is 0 Å². The van der Waals surface area contributed by atoms with Gasteiger partial charge in [0.05, 0.1) is 0 Å². The quantitative estimate of drug-likeness (QED) is 0.832. The molecule has 2 heterocycles. The van der Waals surface area contributed by atoms with Crippen LogP contribution in [0.4, 0.5) is 5.69 Å². The average Bonchev–Trinajstić information content (AvgIpc) is 2.37. The molecule has 1 aromatic rings. The second kappa shape index (κ2) is 5.98. The van der Waals surface area contributed by atoms with E-state index in [4.69, 9.17) is 0 Å². The zero-order valence-corrected chi connectivity index (χ0v) is 10.8. The number of rotatable bonds is 4. The van der Waals surface area contributed by atoms with Gasteiger partial charge in [-0.05, 0) is 19.1 Å². The summed E-state index contributed by atoms with van der Waals surface area (Å²) in [4.78, 5) is 9.04. The van der Waals surface area contributed by atoms with Gasteiger partial charge in [-0.2, -0.15) is 0 Å². The van der Waals surface area contributed by atoms with E-state index in [2.05, 4.69) is 39.3 Å². The van der Waals surface area contributed by atoms with Crippen molar-refractivity contribution in [2.45, 2.75) is 6.92 Å². The van der Waals surface area contributed by atoms with Crippen molar-refractivity contribution in [1.29, 1.82) is 0 Å². The summed E-state index contributed by atoms with van der Waals surface area (Å²) in [5.74, 6) is 0. The van der Waals surface area contributed by atoms with Crippen LogP contribution >= 0.6 is 0 Å². The molecule has 0 amide bonds. The first-order chi connectivity index (χ1) is 8.25. The van der Waals surface area contributed by atoms with Crippen molar-refractivity contribution in [3.63, 3.8) is 0 Å². The molecule has 4 heteroatoms. The van der Waals surface area contributed by atoms with Crippen LogP contribution in [0, 0.1) is 6.92 Å². The lowest BCUT2D eigenvalue weighted by Crippen LogP contribution is -2.46. The fourth-order valence-electron chi connectivity index (χ4n) is 2.12. The number of likely N-dealkylation sites (N-methyl/N-ethyl adjacent to an activating group) is 1. The number of nitrogens with one attached hydrogen (secondary N) is 1. The van der Waals surface area contributed by atoms with E-state index in [0.29, 0.717) is 0 Å². The third-order valence-corrected chi connectivity index (χ3v) is 3.28. The highest BCUT2D eigenvalue weighted by molar-refractivity contribution is 5.45. The molecule has 1 aromatic heterocycles. The Morgan fingerprint density at radius 2 is 2.18 bits per heavy atom. The summed E-state index contributed by atoms with van der Waals surface area (Å²) in [6.45, 7) is 8.83. The molecule has 2 rings (SSSR count). The van der Waals surface area contributed by atoms with Gasteiger partial charge in [0.25, 0.3) is 0 Å². The van der Waals surface area contributed by atoms with Crippen LogP contribution in [0.3, 0.4) is 0 Å². The summed E-state index contributed by atoms with van der Waals surface area (Å²) in [5, 5.41) is 3.38. The lowest BCUT2D eigenvalue weighted by molar-refractivity contribution is 0.246. The molecule has 0 spiro atoms. The van der Waals surface area contributed by atoms with E-state index in [0.717, 1.165) is 31.9 Å². The number of piperazine rings is 1. The smallest absolute Gasteiger partial charge is 0.0397 e. The van der Waals surface area contributed by atoms with Crippen LogP contribution in [0.25, 0.3) is 0 Å². The molecule has 1 aliphatic rings. The van der Waals surface area contributed by atoms with Gasteiger partial charge in [-0.1, -0.05) is 0 Å². The maximum absolute atomic E-state index is 4.23. The largest absolute Gasteiger partial charge is 0.373 e. The third kappa shape index (κ3) is 3.68. The Balaban J connectivity index is 1.82. The Hall–Kier alpha value is -1.13. The Kier molecular flexibility index (Phi) is 4.34. The molecule has 0 saturated carbocycles. The number of aryl methyl sites for hydroxylation is 1. The molecule has 0 unspecified atom stereocenters. The molecule has 17 heavy (non-hydrogen) atoms. The summed E-state index contributed by atoms with van der Waals surface area (Å²) < 4.78 is 0. The molecule has 94 valence electrons. The molecule has 1 saturated heterocycles. The third-order valence-electron chi connectivity index (χ3n) is 3.28. The van der Waals surface area contributed by atoms with E-state index in [1.54, 1.807) is 0 Å². The molecule has 0 bridgehead atoms. The Morgan fingerprint density at radius 1 is 1.41 bits per heavy atom. The number of hydrogen-bond donors (Lipinski definition) is 1. The minimum Gasteiger partial charge on any atom is -0.373 e. The lowest BCUT2D eigenvalue weighted by Gasteiger charge is -2.29. The zero-order chi connectivity index (χ0) is 12.1. The van der Waals surface area contributed by atoms with Crippen LogP contribution < -0.4 is 10.2 Å². The molecule has 1 aliphatic heterocycles. The molecular weight excluding hydrogens is 212 g/mol. The van der Waals surface area contributed by atoms with E-state index in [1.165, 1.54) is 18.8 Å². The van der Waals surface area contributed by atoms with Crippen molar-refractivity contribution < 1.29 is 0 Å². The van der Waals surface area contributed by atoms with Gasteiger partial charge in [0.15, 0.2) is 0 Å². The molecule has 1 N–H and O–H groups in total. The molecule has 4 nitrogen and oxygen atoms in total. The van der Waals surface area contributed by atoms with Gasteiger partial charge in [-0.3, -0.25) is 9.88 Å². The van der Waals surface area contributed by atoms with E-state index < -0.39 is 0 Å². The van der Waals surface area contributed by atoms with Gasteiger partial charge in [0.1, 0.15) is 0 Å². The van der Waals surface area contributed by atoms with Gasteiger partial charge < -0.3 is 10.2 Å². The van der Waals surface area contributed by atoms with E-state index in [-0.39, 0.29) is 0 Å². The average molecular weight is 234 g/mol. The summed E-state index contributed by atoms with van der Waals surface area (Å²) in [6, 6.07) is 4.21. The maximum Gasteiger partial charge on any atom is 0.0397 e. The normalized spacial score (nSPS) is 17.1. The highest BCUT2D eigenvalue weighted by Gasteiger charge is 2.10. The van der Waals surface area contributed by atoms with Gasteiger partial charge in [-0.25, -0.2) is 0 Å². The van der Waals surface area contributed by atoms with Crippen molar-refractivity contribution in [1.82, 2.24) is 15.2 Å². The second-order valence-electron chi connectivity index (χ2n) is 4.67. The summed E-state index contributed by atoms with van der Waals surface area (Å²) in [6.07, 6.45) is 1.88. The van der Waals surface area contributed by atoms with Crippen LogP contribution in [0.5, 0.6) is 0 Å². The number of hydrogen-bond acceptors (Lipinski definition) is 4.